The zero-order chi connectivity index (χ0) is 27.9. The summed E-state index contributed by atoms with van der Waals surface area (Å²) in [5.74, 6) is 0.287. The number of carbonyl (C=O) groups excluding carboxylic acids is 1. The summed E-state index contributed by atoms with van der Waals surface area (Å²) >= 11 is 1.81. The van der Waals surface area contributed by atoms with Crippen molar-refractivity contribution in [1.82, 2.24) is 20.4 Å². The number of hydrogen-bond acceptors (Lipinski definition) is 8. The summed E-state index contributed by atoms with van der Waals surface area (Å²) < 4.78 is 5.20. The van der Waals surface area contributed by atoms with Gasteiger partial charge in [-0.25, -0.2) is 0 Å². The third kappa shape index (κ3) is 6.11. The molecule has 2 fully saturated rings. The molecule has 2 aromatic heterocycles. The lowest BCUT2D eigenvalue weighted by atomic mass is 10.1. The molecule has 0 atom stereocenters. The first kappa shape index (κ1) is 28.0. The van der Waals surface area contributed by atoms with Gasteiger partial charge in [0.1, 0.15) is 0 Å². The minimum atomic E-state index is 0.0527. The quantitative estimate of drug-likeness (QED) is 0.315. The third-order valence-electron chi connectivity index (χ3n) is 7.33. The van der Waals surface area contributed by atoms with Crippen molar-refractivity contribution in [2.45, 2.75) is 26.9 Å². The van der Waals surface area contributed by atoms with Gasteiger partial charge in [0.2, 0.25) is 5.91 Å². The lowest BCUT2D eigenvalue weighted by Crippen LogP contribution is -2.53. The molecule has 2 N–H and O–H groups in total. The van der Waals surface area contributed by atoms with E-state index in [1.54, 1.807) is 6.20 Å². The number of amides is 1. The van der Waals surface area contributed by atoms with Crippen molar-refractivity contribution >= 4 is 39.5 Å². The molecule has 8 nitrogen and oxygen atoms in total. The molecular formula is C31H38N6O2S. The summed E-state index contributed by atoms with van der Waals surface area (Å²) in [6, 6.07) is 19.3. The zero-order valence-corrected chi connectivity index (χ0v) is 24.3. The second-order valence-electron chi connectivity index (χ2n) is 9.81. The summed E-state index contributed by atoms with van der Waals surface area (Å²) in [5.41, 5.74) is 5.57. The van der Waals surface area contributed by atoms with Crippen LogP contribution in [-0.2, 0) is 22.6 Å². The second-order valence-corrected chi connectivity index (χ2v) is 11.0. The number of carbonyl (C=O) groups is 1. The van der Waals surface area contributed by atoms with E-state index < -0.39 is 0 Å². The molecule has 2 aliphatic heterocycles. The van der Waals surface area contributed by atoms with Gasteiger partial charge in [0.15, 0.2) is 0 Å². The predicted molar refractivity (Wildman–Crippen MR) is 164 cm³/mol. The molecular weight excluding hydrogens is 520 g/mol. The minimum absolute atomic E-state index is 0.0527. The van der Waals surface area contributed by atoms with E-state index in [1.165, 1.54) is 20.9 Å². The number of nitrogens with zero attached hydrogens (tertiary/aromatic N) is 4. The predicted octanol–water partition coefficient (Wildman–Crippen LogP) is 5.01. The summed E-state index contributed by atoms with van der Waals surface area (Å²) in [7, 11) is 1.98. The number of ether oxygens (including phenoxy) is 1. The Morgan fingerprint density at radius 2 is 1.82 bits per heavy atom. The molecule has 2 aliphatic rings. The second kappa shape index (κ2) is 13.2. The molecule has 0 radical (unpaired) electrons. The molecule has 210 valence electrons. The van der Waals surface area contributed by atoms with Crippen LogP contribution in [0.25, 0.3) is 21.3 Å². The number of benzene rings is 2. The van der Waals surface area contributed by atoms with E-state index >= 15 is 0 Å². The fourth-order valence-electron chi connectivity index (χ4n) is 5.11. The smallest absolute Gasteiger partial charge is 0.230 e. The molecule has 40 heavy (non-hydrogen) atoms. The van der Waals surface area contributed by atoms with Gasteiger partial charge in [-0.2, -0.15) is 10.2 Å². The maximum Gasteiger partial charge on any atom is 0.230 e. The van der Waals surface area contributed by atoms with Crippen molar-refractivity contribution in [2.24, 2.45) is 5.92 Å². The standard InChI is InChI=1S/C29H32N6O2S.C2H6/c1-30-15-20-4-2-3-5-24(20)28-9-7-23(38-28)16-31-27-17-32-33-26-8-6-22(14-25(26)27)34-10-12-35(13-11-34)29(36)21-18-37-19-21;1-2/h2-9,14,17,21,30H,10-13,15-16,18-19H2,1H3,(H,31,33);1-2H3. The largest absolute Gasteiger partial charge is 0.380 e. The highest BCUT2D eigenvalue weighted by Gasteiger charge is 2.32. The Labute approximate surface area is 240 Å². The van der Waals surface area contributed by atoms with Crippen LogP contribution in [0.2, 0.25) is 0 Å². The number of aromatic nitrogens is 2. The molecule has 2 aromatic carbocycles. The van der Waals surface area contributed by atoms with Crippen LogP contribution in [0.15, 0.2) is 60.8 Å². The van der Waals surface area contributed by atoms with Crippen LogP contribution in [-0.4, -0.2) is 67.4 Å². The van der Waals surface area contributed by atoms with Gasteiger partial charge in [-0.3, -0.25) is 4.79 Å². The number of fused-ring (bicyclic) bond motifs is 1. The maximum atomic E-state index is 12.6. The summed E-state index contributed by atoms with van der Waals surface area (Å²) in [5, 5.41) is 16.5. The van der Waals surface area contributed by atoms with Gasteiger partial charge < -0.3 is 25.2 Å². The van der Waals surface area contributed by atoms with Crippen molar-refractivity contribution in [3.05, 3.63) is 71.2 Å². The van der Waals surface area contributed by atoms with E-state index in [0.717, 1.165) is 61.5 Å². The number of nitrogens with one attached hydrogen (secondary N) is 2. The molecule has 6 rings (SSSR count). The Balaban J connectivity index is 0.00000158. The Bertz CT molecular complexity index is 1430. The number of rotatable bonds is 8. The minimum Gasteiger partial charge on any atom is -0.380 e. The van der Waals surface area contributed by atoms with Crippen LogP contribution in [0.5, 0.6) is 0 Å². The number of anilines is 2. The van der Waals surface area contributed by atoms with E-state index in [4.69, 9.17) is 4.74 Å². The normalized spacial score (nSPS) is 15.4. The molecule has 0 bridgehead atoms. The topological polar surface area (TPSA) is 82.6 Å². The number of piperazine rings is 1. The lowest BCUT2D eigenvalue weighted by molar-refractivity contribution is -0.150. The molecule has 1 amide bonds. The maximum absolute atomic E-state index is 12.6. The SMILES string of the molecule is CC.CNCc1ccccc1-c1ccc(CNc2cnnc3ccc(N4CCN(C(=O)C5COC5)CC4)cc23)s1. The van der Waals surface area contributed by atoms with Crippen LogP contribution in [0.1, 0.15) is 24.3 Å². The Kier molecular flexibility index (Phi) is 9.26. The Morgan fingerprint density at radius 3 is 2.58 bits per heavy atom. The van der Waals surface area contributed by atoms with Crippen molar-refractivity contribution in [1.29, 1.82) is 0 Å². The van der Waals surface area contributed by atoms with Crippen LogP contribution >= 0.6 is 11.3 Å². The highest BCUT2D eigenvalue weighted by molar-refractivity contribution is 7.15. The van der Waals surface area contributed by atoms with Crippen LogP contribution in [0.4, 0.5) is 11.4 Å². The average Bonchev–Trinajstić information content (AvgIpc) is 3.45. The first-order valence-electron chi connectivity index (χ1n) is 14.1. The Morgan fingerprint density at radius 1 is 1.02 bits per heavy atom. The van der Waals surface area contributed by atoms with Crippen molar-refractivity contribution in [3.8, 4) is 10.4 Å². The van der Waals surface area contributed by atoms with Crippen molar-refractivity contribution in [3.63, 3.8) is 0 Å². The van der Waals surface area contributed by atoms with Gasteiger partial charge in [0.25, 0.3) is 0 Å². The molecule has 9 heteroatoms. The highest BCUT2D eigenvalue weighted by Crippen LogP contribution is 2.32. The summed E-state index contributed by atoms with van der Waals surface area (Å²) in [6.07, 6.45) is 1.81. The Hall–Kier alpha value is -3.53. The van der Waals surface area contributed by atoms with E-state index in [9.17, 15) is 4.79 Å². The molecule has 0 unspecified atom stereocenters. The van der Waals surface area contributed by atoms with Gasteiger partial charge in [-0.15, -0.1) is 11.3 Å². The third-order valence-corrected chi connectivity index (χ3v) is 8.45. The number of hydrogen-bond donors (Lipinski definition) is 2. The highest BCUT2D eigenvalue weighted by atomic mass is 32.1. The van der Waals surface area contributed by atoms with Crippen molar-refractivity contribution in [2.75, 3.05) is 56.7 Å². The molecule has 4 heterocycles. The first-order chi connectivity index (χ1) is 19.7. The van der Waals surface area contributed by atoms with Gasteiger partial charge in [-0.1, -0.05) is 38.1 Å². The monoisotopic (exact) mass is 558 g/mol. The van der Waals surface area contributed by atoms with E-state index in [-0.39, 0.29) is 11.8 Å². The van der Waals surface area contributed by atoms with E-state index in [2.05, 4.69) is 74.3 Å². The molecule has 0 spiro atoms. The van der Waals surface area contributed by atoms with Gasteiger partial charge in [-0.05, 0) is 48.5 Å². The van der Waals surface area contributed by atoms with Crippen molar-refractivity contribution < 1.29 is 9.53 Å². The first-order valence-corrected chi connectivity index (χ1v) is 14.9. The summed E-state index contributed by atoms with van der Waals surface area (Å²) in [6.45, 7) is 9.82. The molecule has 4 aromatic rings. The molecule has 0 aliphatic carbocycles. The van der Waals surface area contributed by atoms with Crippen LogP contribution < -0.4 is 15.5 Å². The van der Waals surface area contributed by atoms with E-state index in [1.807, 2.05) is 43.2 Å². The fraction of sp³-hybridized carbons (Fsp3) is 0.387. The lowest BCUT2D eigenvalue weighted by Gasteiger charge is -2.39. The summed E-state index contributed by atoms with van der Waals surface area (Å²) in [4.78, 5) is 19.4. The van der Waals surface area contributed by atoms with Gasteiger partial charge in [0, 0.05) is 60.1 Å². The number of thiophene rings is 1. The molecule has 2 saturated heterocycles. The fourth-order valence-corrected chi connectivity index (χ4v) is 6.12. The zero-order valence-electron chi connectivity index (χ0n) is 23.5. The van der Waals surface area contributed by atoms with Gasteiger partial charge >= 0.3 is 0 Å². The van der Waals surface area contributed by atoms with Gasteiger partial charge in [0.05, 0.1) is 36.5 Å². The van der Waals surface area contributed by atoms with Crippen LogP contribution in [0, 0.1) is 5.92 Å². The van der Waals surface area contributed by atoms with E-state index in [0.29, 0.717) is 13.2 Å². The van der Waals surface area contributed by atoms with Crippen LogP contribution in [0.3, 0.4) is 0 Å². The molecule has 0 saturated carbocycles. The average molecular weight is 559 g/mol.